The number of ether oxygens (including phenoxy) is 1. The number of carbonyl (C=O) groups is 2. The van der Waals surface area contributed by atoms with Crippen LogP contribution in [0.1, 0.15) is 76.1 Å². The van der Waals surface area contributed by atoms with Gasteiger partial charge in [0, 0.05) is 42.1 Å². The first-order valence-electron chi connectivity index (χ1n) is 14.5. The summed E-state index contributed by atoms with van der Waals surface area (Å²) in [4.78, 5) is 47.3. The van der Waals surface area contributed by atoms with Crippen molar-refractivity contribution in [1.29, 1.82) is 0 Å². The number of aliphatic imine (C=N–C) groups is 1. The quantitative estimate of drug-likeness (QED) is 0.294. The number of nitrogens with zero attached hydrogens (tertiary/aromatic N) is 5. The molecule has 1 aliphatic heterocycles. The summed E-state index contributed by atoms with van der Waals surface area (Å²) in [5.41, 5.74) is 13.4. The predicted octanol–water partition coefficient (Wildman–Crippen LogP) is 3.88. The first-order valence-corrected chi connectivity index (χ1v) is 14.5. The third-order valence-corrected chi connectivity index (χ3v) is 8.68. The van der Waals surface area contributed by atoms with Crippen molar-refractivity contribution in [1.82, 2.24) is 19.9 Å². The highest BCUT2D eigenvalue weighted by molar-refractivity contribution is 6.17. The van der Waals surface area contributed by atoms with Gasteiger partial charge in [-0.3, -0.25) is 19.5 Å². The maximum Gasteiger partial charge on any atom is 0.219 e. The van der Waals surface area contributed by atoms with Gasteiger partial charge in [0.1, 0.15) is 11.9 Å². The first-order chi connectivity index (χ1) is 19.8. The molecule has 0 bridgehead atoms. The van der Waals surface area contributed by atoms with E-state index in [4.69, 9.17) is 21.2 Å². The molecule has 5 rings (SSSR count). The Morgan fingerprint density at radius 3 is 2.63 bits per heavy atom. The average Bonchev–Trinajstić information content (AvgIpc) is 3.41. The maximum atomic E-state index is 13.8. The summed E-state index contributed by atoms with van der Waals surface area (Å²) in [5.74, 6) is 0.671. The number of hydrogen-bond acceptors (Lipinski definition) is 10. The lowest BCUT2D eigenvalue weighted by Crippen LogP contribution is -2.45. The molecule has 4 N–H and O–H groups in total. The van der Waals surface area contributed by atoms with E-state index in [0.717, 1.165) is 37.8 Å². The molecule has 2 saturated carbocycles. The van der Waals surface area contributed by atoms with Crippen molar-refractivity contribution in [2.24, 2.45) is 21.9 Å². The van der Waals surface area contributed by atoms with Crippen LogP contribution in [0.5, 0.6) is 5.88 Å². The van der Waals surface area contributed by atoms with E-state index in [1.165, 1.54) is 6.20 Å². The Balaban J connectivity index is 1.57. The Hall–Kier alpha value is -3.92. The molecule has 3 aliphatic rings. The molecule has 2 aromatic heterocycles. The third-order valence-electron chi connectivity index (χ3n) is 8.68. The SMILES string of the molecule is C[C@H](Oc1cc(N=C(C=CN)c2ccncc2)nc(C(N)=C2CCC[C@@]3(CCCCC3=O)C2=O)n1)[C@@H]1CCCN1C. The van der Waals surface area contributed by atoms with Gasteiger partial charge in [0.15, 0.2) is 17.4 Å². The standard InChI is InChI=1S/C31H39N7O3/c1-20(24-8-6-18-38(24)2)41-27-19-26(35-23(10-15-32)21-11-16-34-17-12-21)36-30(37-27)28(33)22-7-5-14-31(29(22)40)13-4-3-9-25(31)39/h10-12,15-17,19-20,24H,3-9,13-14,18,32-33H2,1-2H3/t20-,24-,31+/m0/s1. The fraction of sp³-hybridized carbons (Fsp3) is 0.484. The number of ketones is 2. The molecule has 41 heavy (non-hydrogen) atoms. The van der Waals surface area contributed by atoms with Gasteiger partial charge in [0.2, 0.25) is 5.88 Å². The normalized spacial score (nSPS) is 26.1. The highest BCUT2D eigenvalue weighted by atomic mass is 16.5. The lowest BCUT2D eigenvalue weighted by atomic mass is 9.62. The summed E-state index contributed by atoms with van der Waals surface area (Å²) < 4.78 is 6.36. The van der Waals surface area contributed by atoms with Crippen molar-refractivity contribution in [2.75, 3.05) is 13.6 Å². The van der Waals surface area contributed by atoms with Crippen molar-refractivity contribution < 1.29 is 14.3 Å². The van der Waals surface area contributed by atoms with Gasteiger partial charge in [0.25, 0.3) is 0 Å². The van der Waals surface area contributed by atoms with Crippen LogP contribution in [0.2, 0.25) is 0 Å². The van der Waals surface area contributed by atoms with Crippen molar-refractivity contribution >= 4 is 28.8 Å². The monoisotopic (exact) mass is 557 g/mol. The molecule has 0 aromatic carbocycles. The molecule has 3 atom stereocenters. The minimum Gasteiger partial charge on any atom is -0.473 e. The van der Waals surface area contributed by atoms with Gasteiger partial charge in [0.05, 0.1) is 16.8 Å². The van der Waals surface area contributed by atoms with Crippen molar-refractivity contribution in [3.63, 3.8) is 0 Å². The van der Waals surface area contributed by atoms with Crippen LogP contribution in [-0.2, 0) is 9.59 Å². The van der Waals surface area contributed by atoms with Crippen LogP contribution in [0.4, 0.5) is 5.82 Å². The summed E-state index contributed by atoms with van der Waals surface area (Å²) in [6.45, 7) is 3.05. The van der Waals surface area contributed by atoms with Gasteiger partial charge >= 0.3 is 0 Å². The molecule has 10 nitrogen and oxygen atoms in total. The predicted molar refractivity (Wildman–Crippen MR) is 157 cm³/mol. The van der Waals surface area contributed by atoms with Crippen molar-refractivity contribution in [3.8, 4) is 5.88 Å². The molecular weight excluding hydrogens is 518 g/mol. The van der Waals surface area contributed by atoms with E-state index in [1.54, 1.807) is 24.5 Å². The van der Waals surface area contributed by atoms with Crippen LogP contribution in [0.15, 0.2) is 53.4 Å². The van der Waals surface area contributed by atoms with Gasteiger partial charge in [-0.25, -0.2) is 9.98 Å². The zero-order valence-electron chi connectivity index (χ0n) is 23.9. The largest absolute Gasteiger partial charge is 0.473 e. The average molecular weight is 558 g/mol. The number of likely N-dealkylation sites (N-methyl/N-ethyl adjacent to an activating group) is 1. The van der Waals surface area contributed by atoms with E-state index < -0.39 is 5.41 Å². The molecule has 2 aromatic rings. The van der Waals surface area contributed by atoms with E-state index >= 15 is 0 Å². The van der Waals surface area contributed by atoms with Gasteiger partial charge in [-0.15, -0.1) is 0 Å². The fourth-order valence-corrected chi connectivity index (χ4v) is 6.45. The van der Waals surface area contributed by atoms with Crippen molar-refractivity contribution in [2.45, 2.75) is 76.9 Å². The topological polar surface area (TPSA) is 150 Å². The number of carbonyl (C=O) groups excluding carboxylic acids is 2. The van der Waals surface area contributed by atoms with E-state index in [-0.39, 0.29) is 35.2 Å². The number of rotatable bonds is 7. The van der Waals surface area contributed by atoms with Crippen molar-refractivity contribution in [3.05, 3.63) is 59.8 Å². The Bertz CT molecular complexity index is 1380. The smallest absolute Gasteiger partial charge is 0.219 e. The molecule has 3 fully saturated rings. The lowest BCUT2D eigenvalue weighted by Gasteiger charge is -2.38. The first kappa shape index (κ1) is 28.6. The van der Waals surface area contributed by atoms with Crippen LogP contribution in [0.25, 0.3) is 5.70 Å². The summed E-state index contributed by atoms with van der Waals surface area (Å²) in [6.07, 6.45) is 12.9. The fourth-order valence-electron chi connectivity index (χ4n) is 6.45. The van der Waals surface area contributed by atoms with Crippen LogP contribution in [-0.4, -0.2) is 62.9 Å². The number of likely N-dealkylation sites (tertiary alicyclic amines) is 1. The van der Waals surface area contributed by atoms with E-state index in [1.807, 2.05) is 19.1 Å². The number of nitrogens with two attached hydrogens (primary N) is 2. The van der Waals surface area contributed by atoms with Gasteiger partial charge in [-0.2, -0.15) is 4.98 Å². The van der Waals surface area contributed by atoms with E-state index in [9.17, 15) is 9.59 Å². The molecule has 10 heteroatoms. The Kier molecular flexibility index (Phi) is 8.58. The molecule has 0 unspecified atom stereocenters. The number of Topliss-reactive ketones (excluding diaryl/α,β-unsaturated/α-hetero) is 2. The lowest BCUT2D eigenvalue weighted by molar-refractivity contribution is -0.143. The van der Waals surface area contributed by atoms with Crippen LogP contribution in [0.3, 0.4) is 0 Å². The molecule has 1 spiro atoms. The zero-order valence-corrected chi connectivity index (χ0v) is 23.9. The molecule has 2 aliphatic carbocycles. The Labute approximate surface area is 241 Å². The van der Waals surface area contributed by atoms with Crippen LogP contribution in [0, 0.1) is 5.41 Å². The van der Waals surface area contributed by atoms with Gasteiger partial charge in [-0.05, 0) is 89.9 Å². The van der Waals surface area contributed by atoms with Crippen LogP contribution < -0.4 is 16.2 Å². The summed E-state index contributed by atoms with van der Waals surface area (Å²) in [6, 6.07) is 5.58. The van der Waals surface area contributed by atoms with E-state index in [0.29, 0.717) is 55.1 Å². The summed E-state index contributed by atoms with van der Waals surface area (Å²) in [5, 5.41) is 0. The van der Waals surface area contributed by atoms with Gasteiger partial charge in [-0.1, -0.05) is 6.42 Å². The van der Waals surface area contributed by atoms with E-state index in [2.05, 4.69) is 26.9 Å². The number of aromatic nitrogens is 3. The maximum absolute atomic E-state index is 13.8. The summed E-state index contributed by atoms with van der Waals surface area (Å²) in [7, 11) is 2.10. The molecule has 3 heterocycles. The molecule has 0 amide bonds. The number of hydrogen-bond donors (Lipinski definition) is 2. The molecular formula is C31H39N7O3. The third kappa shape index (κ3) is 5.93. The molecule has 216 valence electrons. The van der Waals surface area contributed by atoms with Crippen LogP contribution >= 0.6 is 0 Å². The zero-order chi connectivity index (χ0) is 29.0. The minimum atomic E-state index is -0.965. The second-order valence-corrected chi connectivity index (χ2v) is 11.3. The second kappa shape index (κ2) is 12.3. The molecule has 0 radical (unpaired) electrons. The Morgan fingerprint density at radius 1 is 1.15 bits per heavy atom. The number of pyridine rings is 1. The second-order valence-electron chi connectivity index (χ2n) is 11.3. The highest BCUT2D eigenvalue weighted by Gasteiger charge is 2.49. The summed E-state index contributed by atoms with van der Waals surface area (Å²) >= 11 is 0. The highest BCUT2D eigenvalue weighted by Crippen LogP contribution is 2.45. The number of allylic oxidation sites excluding steroid dienone is 2. The molecule has 1 saturated heterocycles. The van der Waals surface area contributed by atoms with Gasteiger partial charge < -0.3 is 16.2 Å². The minimum absolute atomic E-state index is 0.0344. The Morgan fingerprint density at radius 2 is 1.93 bits per heavy atom.